The number of halogens is 1. The van der Waals surface area contributed by atoms with Crippen LogP contribution in [0, 0.1) is 12.7 Å². The Morgan fingerprint density at radius 2 is 1.96 bits per heavy atom. The number of carbonyl (C=O) groups is 1. The number of aryl methyl sites for hydroxylation is 1. The van der Waals surface area contributed by atoms with E-state index in [1.807, 2.05) is 0 Å². The Bertz CT molecular complexity index is 942. The standard InChI is InChI=1S/C19H20FNO4S/c1-12-6-7-13(9-16(12)20)8-14-4-2-3-5-15(14)19(23)21-17-10-26(24,25)11-18(17)22/h2-7,9,17-18,22H,8,10-11H2,1H3,(H,21,23)/t17-,18-/m1/s1. The number of aliphatic hydroxyl groups excluding tert-OH is 1. The molecule has 3 rings (SSSR count). The van der Waals surface area contributed by atoms with Gasteiger partial charge in [-0.15, -0.1) is 0 Å². The maximum atomic E-state index is 13.8. The normalized spacial score (nSPS) is 21.5. The minimum absolute atomic E-state index is 0.273. The summed E-state index contributed by atoms with van der Waals surface area (Å²) in [5, 5.41) is 12.5. The van der Waals surface area contributed by atoms with Crippen molar-refractivity contribution in [3.8, 4) is 0 Å². The molecule has 0 saturated carbocycles. The number of rotatable bonds is 4. The molecule has 2 N–H and O–H groups in total. The van der Waals surface area contributed by atoms with Crippen LogP contribution in [-0.4, -0.2) is 43.1 Å². The van der Waals surface area contributed by atoms with Gasteiger partial charge in [0.1, 0.15) is 5.82 Å². The minimum Gasteiger partial charge on any atom is -0.390 e. The SMILES string of the molecule is Cc1ccc(Cc2ccccc2C(=O)N[C@@H]2CS(=O)(=O)C[C@H]2O)cc1F. The zero-order valence-corrected chi connectivity index (χ0v) is 15.1. The van der Waals surface area contributed by atoms with E-state index < -0.39 is 27.9 Å². The molecule has 1 amide bonds. The molecule has 5 nitrogen and oxygen atoms in total. The average molecular weight is 377 g/mol. The van der Waals surface area contributed by atoms with E-state index in [2.05, 4.69) is 5.32 Å². The molecule has 0 unspecified atom stereocenters. The average Bonchev–Trinajstić information content (AvgIpc) is 2.83. The van der Waals surface area contributed by atoms with Gasteiger partial charge >= 0.3 is 0 Å². The lowest BCUT2D eigenvalue weighted by Gasteiger charge is -2.16. The minimum atomic E-state index is -3.35. The summed E-state index contributed by atoms with van der Waals surface area (Å²) in [6, 6.07) is 11.0. The Morgan fingerprint density at radius 3 is 2.62 bits per heavy atom. The Morgan fingerprint density at radius 1 is 1.23 bits per heavy atom. The quantitative estimate of drug-likeness (QED) is 0.848. The van der Waals surface area contributed by atoms with Crippen LogP contribution in [0.15, 0.2) is 42.5 Å². The summed E-state index contributed by atoms with van der Waals surface area (Å²) >= 11 is 0. The third-order valence-electron chi connectivity index (χ3n) is 4.53. The van der Waals surface area contributed by atoms with Crippen LogP contribution in [0.5, 0.6) is 0 Å². The van der Waals surface area contributed by atoms with Crippen LogP contribution >= 0.6 is 0 Å². The van der Waals surface area contributed by atoms with Gasteiger partial charge in [-0.05, 0) is 42.2 Å². The van der Waals surface area contributed by atoms with Gasteiger partial charge < -0.3 is 10.4 Å². The van der Waals surface area contributed by atoms with Crippen molar-refractivity contribution in [1.82, 2.24) is 5.32 Å². The molecule has 0 aliphatic carbocycles. The van der Waals surface area contributed by atoms with Gasteiger partial charge in [0.15, 0.2) is 9.84 Å². The molecule has 1 saturated heterocycles. The Hall–Kier alpha value is -2.25. The highest BCUT2D eigenvalue weighted by molar-refractivity contribution is 7.91. The topological polar surface area (TPSA) is 83.5 Å². The first-order valence-corrected chi connectivity index (χ1v) is 10.1. The van der Waals surface area contributed by atoms with E-state index in [0.717, 1.165) is 5.56 Å². The fourth-order valence-electron chi connectivity index (χ4n) is 3.08. The first-order valence-electron chi connectivity index (χ1n) is 8.27. The number of aliphatic hydroxyl groups is 1. The van der Waals surface area contributed by atoms with E-state index in [0.29, 0.717) is 23.1 Å². The first-order chi connectivity index (χ1) is 12.2. The van der Waals surface area contributed by atoms with Crippen molar-refractivity contribution in [2.75, 3.05) is 11.5 Å². The molecule has 138 valence electrons. The summed E-state index contributed by atoms with van der Waals surface area (Å²) in [6.45, 7) is 1.68. The lowest BCUT2D eigenvalue weighted by Crippen LogP contribution is -2.42. The fraction of sp³-hybridized carbons (Fsp3) is 0.316. The van der Waals surface area contributed by atoms with Gasteiger partial charge in [0.05, 0.1) is 23.7 Å². The first kappa shape index (κ1) is 18.5. The van der Waals surface area contributed by atoms with E-state index in [4.69, 9.17) is 0 Å². The number of hydrogen-bond acceptors (Lipinski definition) is 4. The summed E-state index contributed by atoms with van der Waals surface area (Å²) in [7, 11) is -3.35. The Balaban J connectivity index is 1.80. The van der Waals surface area contributed by atoms with Gasteiger partial charge in [-0.3, -0.25) is 4.79 Å². The predicted molar refractivity (Wildman–Crippen MR) is 96.3 cm³/mol. The van der Waals surface area contributed by atoms with Crippen LogP contribution < -0.4 is 5.32 Å². The number of hydrogen-bond donors (Lipinski definition) is 2. The monoisotopic (exact) mass is 377 g/mol. The second-order valence-corrected chi connectivity index (χ2v) is 8.80. The third-order valence-corrected chi connectivity index (χ3v) is 6.25. The molecule has 0 aromatic heterocycles. The van der Waals surface area contributed by atoms with E-state index in [9.17, 15) is 22.7 Å². The van der Waals surface area contributed by atoms with Crippen LogP contribution in [0.2, 0.25) is 0 Å². The lowest BCUT2D eigenvalue weighted by atomic mass is 9.98. The molecule has 1 aliphatic rings. The molecule has 1 heterocycles. The van der Waals surface area contributed by atoms with Crippen molar-refractivity contribution >= 4 is 15.7 Å². The second-order valence-electron chi connectivity index (χ2n) is 6.64. The number of amides is 1. The highest BCUT2D eigenvalue weighted by Gasteiger charge is 2.37. The largest absolute Gasteiger partial charge is 0.390 e. The summed E-state index contributed by atoms with van der Waals surface area (Å²) in [5.74, 6) is -1.37. The zero-order valence-electron chi connectivity index (χ0n) is 14.3. The number of nitrogens with one attached hydrogen (secondary N) is 1. The van der Waals surface area contributed by atoms with Gasteiger partial charge in [-0.25, -0.2) is 12.8 Å². The highest BCUT2D eigenvalue weighted by atomic mass is 32.2. The molecule has 2 aromatic carbocycles. The smallest absolute Gasteiger partial charge is 0.251 e. The third kappa shape index (κ3) is 4.11. The molecule has 1 fully saturated rings. The predicted octanol–water partition coefficient (Wildman–Crippen LogP) is 1.61. The van der Waals surface area contributed by atoms with Crippen molar-refractivity contribution < 1.29 is 22.7 Å². The van der Waals surface area contributed by atoms with Crippen LogP contribution in [0.3, 0.4) is 0 Å². The van der Waals surface area contributed by atoms with Gasteiger partial charge in [-0.2, -0.15) is 0 Å². The number of carbonyl (C=O) groups excluding carboxylic acids is 1. The van der Waals surface area contributed by atoms with Crippen LogP contribution in [0.1, 0.15) is 27.0 Å². The zero-order chi connectivity index (χ0) is 18.9. The van der Waals surface area contributed by atoms with E-state index in [1.165, 1.54) is 6.07 Å². The van der Waals surface area contributed by atoms with Crippen molar-refractivity contribution in [2.24, 2.45) is 0 Å². The van der Waals surface area contributed by atoms with Crippen LogP contribution in [0.25, 0.3) is 0 Å². The van der Waals surface area contributed by atoms with Crippen molar-refractivity contribution in [1.29, 1.82) is 0 Å². The molecule has 0 bridgehead atoms. The van der Waals surface area contributed by atoms with Gasteiger partial charge in [-0.1, -0.05) is 30.3 Å². The maximum absolute atomic E-state index is 13.8. The molecule has 7 heteroatoms. The molecule has 2 aromatic rings. The maximum Gasteiger partial charge on any atom is 0.251 e. The number of sulfone groups is 1. The molecule has 0 radical (unpaired) electrons. The molecular formula is C19H20FNO4S. The molecule has 26 heavy (non-hydrogen) atoms. The number of benzene rings is 2. The van der Waals surface area contributed by atoms with Gasteiger partial charge in [0.25, 0.3) is 5.91 Å². The van der Waals surface area contributed by atoms with Crippen molar-refractivity contribution in [3.05, 3.63) is 70.5 Å². The molecule has 1 aliphatic heterocycles. The molecular weight excluding hydrogens is 357 g/mol. The van der Waals surface area contributed by atoms with Crippen LogP contribution in [-0.2, 0) is 16.3 Å². The Kier molecular flexibility index (Phi) is 5.11. The van der Waals surface area contributed by atoms with Gasteiger partial charge in [0.2, 0.25) is 0 Å². The van der Waals surface area contributed by atoms with Crippen LogP contribution in [0.4, 0.5) is 4.39 Å². The van der Waals surface area contributed by atoms with Gasteiger partial charge in [0, 0.05) is 5.56 Å². The summed E-state index contributed by atoms with van der Waals surface area (Å²) in [5.41, 5.74) is 2.36. The highest BCUT2D eigenvalue weighted by Crippen LogP contribution is 2.18. The van der Waals surface area contributed by atoms with E-state index >= 15 is 0 Å². The van der Waals surface area contributed by atoms with Crippen molar-refractivity contribution in [2.45, 2.75) is 25.5 Å². The molecule has 2 atom stereocenters. The second kappa shape index (κ2) is 7.17. The summed E-state index contributed by atoms with van der Waals surface area (Å²) < 4.78 is 36.9. The van der Waals surface area contributed by atoms with E-state index in [1.54, 1.807) is 43.3 Å². The summed E-state index contributed by atoms with van der Waals surface area (Å²) in [4.78, 5) is 12.6. The molecule has 0 spiro atoms. The lowest BCUT2D eigenvalue weighted by molar-refractivity contribution is 0.0888. The van der Waals surface area contributed by atoms with E-state index in [-0.39, 0.29) is 17.3 Å². The fourth-order valence-corrected chi connectivity index (χ4v) is 4.82. The summed E-state index contributed by atoms with van der Waals surface area (Å²) in [6.07, 6.45) is -0.742. The van der Waals surface area contributed by atoms with Crippen molar-refractivity contribution in [3.63, 3.8) is 0 Å². The Labute approximate surface area is 151 Å².